The van der Waals surface area contributed by atoms with Gasteiger partial charge in [0, 0.05) is 49.4 Å². The van der Waals surface area contributed by atoms with Gasteiger partial charge in [-0.25, -0.2) is 0 Å². The predicted molar refractivity (Wildman–Crippen MR) is 363 cm³/mol. The molecule has 0 atom stereocenters. The third-order valence-electron chi connectivity index (χ3n) is 17.5. The molecular weight excluding hydrogens is 1060 g/mol. The molecule has 1 aromatic heterocycles. The average Bonchev–Trinajstić information content (AvgIpc) is 1.50. The molecule has 2 aliphatic rings. The van der Waals surface area contributed by atoms with Gasteiger partial charge in [-0.05, 0) is 180 Å². The van der Waals surface area contributed by atoms with E-state index in [2.05, 4.69) is 350 Å². The molecule has 86 heavy (non-hydrogen) atoms. The van der Waals surface area contributed by atoms with Crippen LogP contribution in [-0.2, 0) is 5.41 Å². The Morgan fingerprint density at radius 3 is 0.895 bits per heavy atom. The Hall–Kier alpha value is -10.8. The zero-order valence-corrected chi connectivity index (χ0v) is 48.0. The summed E-state index contributed by atoms with van der Waals surface area (Å²) in [5.74, 6) is 0. The van der Waals surface area contributed by atoms with Gasteiger partial charge in [0.05, 0.1) is 5.41 Å². The lowest BCUT2D eigenvalue weighted by molar-refractivity contribution is 0.799. The molecule has 16 rings (SSSR count). The molecule has 0 unspecified atom stereocenters. The molecule has 0 aliphatic heterocycles. The zero-order chi connectivity index (χ0) is 57.0. The summed E-state index contributed by atoms with van der Waals surface area (Å²) < 4.78 is 0. The highest BCUT2D eigenvalue weighted by Crippen LogP contribution is 2.68. The van der Waals surface area contributed by atoms with E-state index in [1.807, 2.05) is 11.3 Å². The second-order valence-corrected chi connectivity index (χ2v) is 23.3. The first-order valence-corrected chi connectivity index (χ1v) is 30.4. The second-order valence-electron chi connectivity index (χ2n) is 22.3. The maximum atomic E-state index is 2.53. The van der Waals surface area contributed by atoms with Crippen molar-refractivity contribution >= 4 is 45.5 Å². The van der Waals surface area contributed by atoms with Crippen molar-refractivity contribution < 1.29 is 0 Å². The fraction of sp³-hybridized carbons (Fsp3) is 0.0120. The standard InChI is InChI=1S/C83H56N2S/c1-7-21-57(22-8-1)59-35-45-69(46-36-59)84(67-29-15-5-16-30-67)71-49-39-61(40-50-71)65-43-53-73-74-54-44-66(62-41-51-72(52-42-62)85(68-31-17-6-18-32-68)70-47-37-60(38-48-70)58-23-9-2-10-24-58)56-78(74)83(77(73)55-65)76-34-20-19-33-75(76)79-80(83)82(64-27-13-4-14-28-64)86-81(79)63-25-11-3-12-26-63/h1-56H. The van der Waals surface area contributed by atoms with E-state index in [9.17, 15) is 0 Å². The molecule has 0 radical (unpaired) electrons. The normalized spacial score (nSPS) is 12.3. The fourth-order valence-electron chi connectivity index (χ4n) is 13.6. The summed E-state index contributed by atoms with van der Waals surface area (Å²) in [6, 6.07) is 125. The Morgan fingerprint density at radius 1 is 0.209 bits per heavy atom. The minimum Gasteiger partial charge on any atom is -0.311 e. The van der Waals surface area contributed by atoms with Crippen LogP contribution >= 0.6 is 11.3 Å². The summed E-state index contributed by atoms with van der Waals surface area (Å²) in [6.45, 7) is 0. The van der Waals surface area contributed by atoms with Crippen LogP contribution in [0.4, 0.5) is 34.1 Å². The quantitative estimate of drug-likeness (QED) is 0.120. The molecule has 0 fully saturated rings. The van der Waals surface area contributed by atoms with Crippen molar-refractivity contribution in [3.05, 3.63) is 362 Å². The predicted octanol–water partition coefficient (Wildman–Crippen LogP) is 23.0. The van der Waals surface area contributed by atoms with Gasteiger partial charge in [0.1, 0.15) is 0 Å². The molecular formula is C83H56N2S. The summed E-state index contributed by atoms with van der Waals surface area (Å²) in [5, 5.41) is 0. The number of fused-ring (bicyclic) bond motifs is 10. The van der Waals surface area contributed by atoms with Gasteiger partial charge in [0.15, 0.2) is 0 Å². The molecule has 0 bridgehead atoms. The number of thiophene rings is 1. The van der Waals surface area contributed by atoms with E-state index in [1.165, 1.54) is 98.8 Å². The number of hydrogen-bond donors (Lipinski definition) is 0. The third-order valence-corrected chi connectivity index (χ3v) is 18.8. The highest BCUT2D eigenvalue weighted by atomic mass is 32.1. The van der Waals surface area contributed by atoms with Crippen LogP contribution in [0.5, 0.6) is 0 Å². The number of para-hydroxylation sites is 2. The SMILES string of the molecule is c1ccc(-c2ccc(N(c3ccccc3)c3ccc(-c4ccc5c(c4)C4(c6cc(-c7ccc(N(c8ccccc8)c8ccc(-c9ccccc9)cc8)cc7)ccc6-5)c5ccccc5-c5c(-c6ccccc6)sc(-c6ccccc6)c54)cc3)cc2)cc1. The van der Waals surface area contributed by atoms with Crippen LogP contribution < -0.4 is 9.80 Å². The van der Waals surface area contributed by atoms with E-state index in [0.29, 0.717) is 0 Å². The largest absolute Gasteiger partial charge is 0.311 e. The molecule has 0 saturated carbocycles. The van der Waals surface area contributed by atoms with Gasteiger partial charge in [0.25, 0.3) is 0 Å². The van der Waals surface area contributed by atoms with E-state index < -0.39 is 5.41 Å². The smallest absolute Gasteiger partial charge is 0.0740 e. The molecule has 1 heterocycles. The van der Waals surface area contributed by atoms with Crippen molar-refractivity contribution in [2.24, 2.45) is 0 Å². The van der Waals surface area contributed by atoms with Gasteiger partial charge in [-0.1, -0.05) is 255 Å². The highest BCUT2D eigenvalue weighted by molar-refractivity contribution is 7.19. The summed E-state index contributed by atoms with van der Waals surface area (Å²) >= 11 is 1.93. The second kappa shape index (κ2) is 21.4. The van der Waals surface area contributed by atoms with Crippen LogP contribution in [0.25, 0.3) is 87.6 Å². The van der Waals surface area contributed by atoms with Crippen LogP contribution in [0.1, 0.15) is 22.3 Å². The van der Waals surface area contributed by atoms with Gasteiger partial charge >= 0.3 is 0 Å². The van der Waals surface area contributed by atoms with Crippen molar-refractivity contribution in [1.29, 1.82) is 0 Å². The number of anilines is 6. The number of hydrogen-bond acceptors (Lipinski definition) is 3. The monoisotopic (exact) mass is 1110 g/mol. The van der Waals surface area contributed by atoms with E-state index in [-0.39, 0.29) is 0 Å². The van der Waals surface area contributed by atoms with Crippen molar-refractivity contribution in [3.63, 3.8) is 0 Å². The Bertz CT molecular complexity index is 4520. The van der Waals surface area contributed by atoms with E-state index in [1.54, 1.807) is 0 Å². The molecule has 0 saturated heterocycles. The molecule has 14 aromatic rings. The first kappa shape index (κ1) is 50.9. The Morgan fingerprint density at radius 2 is 0.500 bits per heavy atom. The minimum atomic E-state index is -0.650. The summed E-state index contributed by atoms with van der Waals surface area (Å²) in [7, 11) is 0. The highest BCUT2D eigenvalue weighted by Gasteiger charge is 2.55. The lowest BCUT2D eigenvalue weighted by Crippen LogP contribution is -2.26. The van der Waals surface area contributed by atoms with Crippen molar-refractivity contribution in [3.8, 4) is 87.6 Å². The summed E-state index contributed by atoms with van der Waals surface area (Å²) in [6.07, 6.45) is 0. The average molecular weight is 1110 g/mol. The number of rotatable bonds is 12. The van der Waals surface area contributed by atoms with Crippen LogP contribution in [-0.4, -0.2) is 0 Å². The third kappa shape index (κ3) is 8.63. The molecule has 2 nitrogen and oxygen atoms in total. The maximum absolute atomic E-state index is 2.53. The Kier molecular flexibility index (Phi) is 12.7. The first-order valence-electron chi connectivity index (χ1n) is 29.6. The molecule has 13 aromatic carbocycles. The first-order chi connectivity index (χ1) is 42.7. The summed E-state index contributed by atoms with van der Waals surface area (Å²) in [5.41, 5.74) is 28.4. The molecule has 3 heteroatoms. The molecule has 404 valence electrons. The van der Waals surface area contributed by atoms with Gasteiger partial charge in [-0.3, -0.25) is 0 Å². The van der Waals surface area contributed by atoms with Crippen molar-refractivity contribution in [2.75, 3.05) is 9.80 Å². The van der Waals surface area contributed by atoms with Gasteiger partial charge in [0.2, 0.25) is 0 Å². The zero-order valence-electron chi connectivity index (χ0n) is 47.1. The van der Waals surface area contributed by atoms with Gasteiger partial charge in [-0.15, -0.1) is 11.3 Å². The van der Waals surface area contributed by atoms with E-state index in [0.717, 1.165) is 45.3 Å². The Balaban J connectivity index is 0.845. The number of nitrogens with zero attached hydrogens (tertiary/aromatic N) is 2. The topological polar surface area (TPSA) is 6.48 Å². The van der Waals surface area contributed by atoms with Crippen molar-refractivity contribution in [2.45, 2.75) is 5.41 Å². The van der Waals surface area contributed by atoms with Crippen LogP contribution in [0.3, 0.4) is 0 Å². The minimum absolute atomic E-state index is 0.650. The Labute approximate surface area is 507 Å². The van der Waals surface area contributed by atoms with Crippen LogP contribution in [0, 0.1) is 0 Å². The summed E-state index contributed by atoms with van der Waals surface area (Å²) in [4.78, 5) is 7.30. The van der Waals surface area contributed by atoms with E-state index in [4.69, 9.17) is 0 Å². The lowest BCUT2D eigenvalue weighted by Gasteiger charge is -2.32. The molecule has 2 aliphatic carbocycles. The van der Waals surface area contributed by atoms with E-state index >= 15 is 0 Å². The molecule has 1 spiro atoms. The fourth-order valence-corrected chi connectivity index (χ4v) is 14.9. The van der Waals surface area contributed by atoms with Crippen LogP contribution in [0.15, 0.2) is 340 Å². The lowest BCUT2D eigenvalue weighted by atomic mass is 9.69. The van der Waals surface area contributed by atoms with Gasteiger partial charge < -0.3 is 9.80 Å². The van der Waals surface area contributed by atoms with Crippen LogP contribution in [0.2, 0.25) is 0 Å². The van der Waals surface area contributed by atoms with Crippen molar-refractivity contribution in [1.82, 2.24) is 0 Å². The maximum Gasteiger partial charge on any atom is 0.0740 e. The molecule has 0 amide bonds. The number of benzene rings is 13. The van der Waals surface area contributed by atoms with Gasteiger partial charge in [-0.2, -0.15) is 0 Å². The molecule has 0 N–H and O–H groups in total.